The summed E-state index contributed by atoms with van der Waals surface area (Å²) >= 11 is 6.19. The first kappa shape index (κ1) is 13.9. The van der Waals surface area contributed by atoms with E-state index in [9.17, 15) is 4.79 Å². The van der Waals surface area contributed by atoms with Crippen molar-refractivity contribution in [2.45, 2.75) is 13.8 Å². The lowest BCUT2D eigenvalue weighted by atomic mass is 10.0. The third kappa shape index (κ3) is 3.10. The third-order valence-corrected chi connectivity index (χ3v) is 4.08. The van der Waals surface area contributed by atoms with Crippen molar-refractivity contribution in [3.63, 3.8) is 0 Å². The highest BCUT2D eigenvalue weighted by atomic mass is 35.5. The Morgan fingerprint density at radius 2 is 2.00 bits per heavy atom. The fourth-order valence-corrected chi connectivity index (χ4v) is 2.68. The van der Waals surface area contributed by atoms with Crippen LogP contribution in [0.3, 0.4) is 0 Å². The molecule has 1 N–H and O–H groups in total. The van der Waals surface area contributed by atoms with Crippen LogP contribution in [-0.2, 0) is 4.79 Å². The molecule has 0 amide bonds. The van der Waals surface area contributed by atoms with Crippen molar-refractivity contribution < 1.29 is 9.90 Å². The van der Waals surface area contributed by atoms with E-state index in [1.807, 2.05) is 12.1 Å². The molecule has 2 rings (SSSR count). The first-order valence-corrected chi connectivity index (χ1v) is 6.81. The number of carboxylic acids is 1. The highest BCUT2D eigenvalue weighted by molar-refractivity contribution is 6.32. The number of carboxylic acid groups (broad SMARTS) is 1. The maximum absolute atomic E-state index is 10.7. The molecular formula is C15H18ClNO2. The number of rotatable bonds is 3. The van der Waals surface area contributed by atoms with Crippen LogP contribution in [0.25, 0.3) is 6.08 Å². The van der Waals surface area contributed by atoms with Crippen LogP contribution in [0.2, 0.25) is 5.02 Å². The zero-order chi connectivity index (χ0) is 14.0. The molecule has 4 heteroatoms. The van der Waals surface area contributed by atoms with E-state index in [1.165, 1.54) is 0 Å². The van der Waals surface area contributed by atoms with Crippen LogP contribution >= 0.6 is 11.6 Å². The normalized spacial score (nSPS) is 23.2. The molecule has 1 aromatic rings. The summed E-state index contributed by atoms with van der Waals surface area (Å²) in [6, 6.07) is 5.69. The Bertz CT molecular complexity index is 503. The standard InChI is InChI=1S/C15H18ClNO2/c1-10-8-17(9-11(10)2)14-5-3-4-13(16)12(14)6-7-15(18)19/h3-7,10-11H,8-9H2,1-2H3,(H,18,19). The summed E-state index contributed by atoms with van der Waals surface area (Å²) in [5.41, 5.74) is 1.80. The monoisotopic (exact) mass is 279 g/mol. The number of anilines is 1. The van der Waals surface area contributed by atoms with Gasteiger partial charge in [-0.15, -0.1) is 0 Å². The second-order valence-electron chi connectivity index (χ2n) is 5.20. The first-order chi connectivity index (χ1) is 8.99. The summed E-state index contributed by atoms with van der Waals surface area (Å²) < 4.78 is 0. The number of benzene rings is 1. The van der Waals surface area contributed by atoms with Crippen molar-refractivity contribution in [1.82, 2.24) is 0 Å². The Morgan fingerprint density at radius 3 is 2.58 bits per heavy atom. The summed E-state index contributed by atoms with van der Waals surface area (Å²) in [7, 11) is 0. The predicted molar refractivity (Wildman–Crippen MR) is 78.7 cm³/mol. The molecule has 1 aliphatic heterocycles. The van der Waals surface area contributed by atoms with Gasteiger partial charge in [-0.3, -0.25) is 0 Å². The molecule has 19 heavy (non-hydrogen) atoms. The van der Waals surface area contributed by atoms with Gasteiger partial charge < -0.3 is 10.0 Å². The molecule has 1 aliphatic rings. The Morgan fingerprint density at radius 1 is 1.37 bits per heavy atom. The fourth-order valence-electron chi connectivity index (χ4n) is 2.45. The van der Waals surface area contributed by atoms with E-state index in [-0.39, 0.29) is 0 Å². The first-order valence-electron chi connectivity index (χ1n) is 6.43. The van der Waals surface area contributed by atoms with Crippen LogP contribution in [0.5, 0.6) is 0 Å². The van der Waals surface area contributed by atoms with Crippen LogP contribution in [0.4, 0.5) is 5.69 Å². The summed E-state index contributed by atoms with van der Waals surface area (Å²) in [4.78, 5) is 13.0. The van der Waals surface area contributed by atoms with E-state index < -0.39 is 5.97 Å². The van der Waals surface area contributed by atoms with Gasteiger partial charge >= 0.3 is 5.97 Å². The molecule has 0 aliphatic carbocycles. The lowest BCUT2D eigenvalue weighted by molar-refractivity contribution is -0.131. The predicted octanol–water partition coefficient (Wildman–Crippen LogP) is 3.53. The molecule has 0 radical (unpaired) electrons. The van der Waals surface area contributed by atoms with Crippen LogP contribution in [0.15, 0.2) is 24.3 Å². The lowest BCUT2D eigenvalue weighted by Gasteiger charge is -2.21. The Labute approximate surface area is 118 Å². The third-order valence-electron chi connectivity index (χ3n) is 3.75. The zero-order valence-electron chi connectivity index (χ0n) is 11.1. The van der Waals surface area contributed by atoms with Crippen molar-refractivity contribution in [1.29, 1.82) is 0 Å². The molecule has 1 fully saturated rings. The van der Waals surface area contributed by atoms with Crippen LogP contribution in [0, 0.1) is 11.8 Å². The van der Waals surface area contributed by atoms with Crippen molar-refractivity contribution in [2.24, 2.45) is 11.8 Å². The van der Waals surface area contributed by atoms with Gasteiger partial charge in [0.05, 0.1) is 0 Å². The number of hydrogen-bond acceptors (Lipinski definition) is 2. The molecular weight excluding hydrogens is 262 g/mol. The molecule has 0 bridgehead atoms. The maximum Gasteiger partial charge on any atom is 0.328 e. The molecule has 3 nitrogen and oxygen atoms in total. The molecule has 102 valence electrons. The zero-order valence-corrected chi connectivity index (χ0v) is 11.9. The quantitative estimate of drug-likeness (QED) is 0.861. The number of halogens is 1. The molecule has 0 saturated carbocycles. The maximum atomic E-state index is 10.7. The van der Waals surface area contributed by atoms with Gasteiger partial charge in [0, 0.05) is 35.4 Å². The lowest BCUT2D eigenvalue weighted by Crippen LogP contribution is -2.20. The van der Waals surface area contributed by atoms with E-state index in [0.717, 1.165) is 30.4 Å². The van der Waals surface area contributed by atoms with Crippen LogP contribution in [0.1, 0.15) is 19.4 Å². The molecule has 0 aromatic heterocycles. The van der Waals surface area contributed by atoms with E-state index in [2.05, 4.69) is 18.7 Å². The van der Waals surface area contributed by atoms with Gasteiger partial charge in [-0.05, 0) is 30.0 Å². The number of hydrogen-bond donors (Lipinski definition) is 1. The van der Waals surface area contributed by atoms with Crippen molar-refractivity contribution in [3.05, 3.63) is 34.9 Å². The van der Waals surface area contributed by atoms with Gasteiger partial charge in [-0.2, -0.15) is 0 Å². The van der Waals surface area contributed by atoms with Crippen molar-refractivity contribution >= 4 is 29.3 Å². The van der Waals surface area contributed by atoms with Gasteiger partial charge in [0.1, 0.15) is 0 Å². The molecule has 1 saturated heterocycles. The minimum atomic E-state index is -0.964. The van der Waals surface area contributed by atoms with Crippen LogP contribution in [-0.4, -0.2) is 24.2 Å². The summed E-state index contributed by atoms with van der Waals surface area (Å²) in [5, 5.41) is 9.35. The smallest absolute Gasteiger partial charge is 0.328 e. The number of carbonyl (C=O) groups is 1. The molecule has 2 atom stereocenters. The minimum Gasteiger partial charge on any atom is -0.478 e. The second kappa shape index (κ2) is 5.66. The van der Waals surface area contributed by atoms with Gasteiger partial charge in [0.15, 0.2) is 0 Å². The highest BCUT2D eigenvalue weighted by Crippen LogP contribution is 2.34. The van der Waals surface area contributed by atoms with Gasteiger partial charge in [-0.1, -0.05) is 31.5 Å². The Balaban J connectivity index is 2.35. The van der Waals surface area contributed by atoms with E-state index in [4.69, 9.17) is 16.7 Å². The highest BCUT2D eigenvalue weighted by Gasteiger charge is 2.27. The number of aliphatic carboxylic acids is 1. The molecule has 1 heterocycles. The summed E-state index contributed by atoms with van der Waals surface area (Å²) in [6.07, 6.45) is 2.71. The van der Waals surface area contributed by atoms with Crippen molar-refractivity contribution in [2.75, 3.05) is 18.0 Å². The largest absolute Gasteiger partial charge is 0.478 e. The topological polar surface area (TPSA) is 40.5 Å². The van der Waals surface area contributed by atoms with Crippen LogP contribution < -0.4 is 4.90 Å². The van der Waals surface area contributed by atoms with Gasteiger partial charge in [-0.25, -0.2) is 4.79 Å². The summed E-state index contributed by atoms with van der Waals surface area (Å²) in [5.74, 6) is 0.305. The van der Waals surface area contributed by atoms with Gasteiger partial charge in [0.2, 0.25) is 0 Å². The van der Waals surface area contributed by atoms with E-state index in [0.29, 0.717) is 16.9 Å². The average molecular weight is 280 g/mol. The average Bonchev–Trinajstić information content (AvgIpc) is 2.67. The van der Waals surface area contributed by atoms with E-state index >= 15 is 0 Å². The molecule has 0 spiro atoms. The van der Waals surface area contributed by atoms with Crippen molar-refractivity contribution in [3.8, 4) is 0 Å². The minimum absolute atomic E-state index is 0.585. The second-order valence-corrected chi connectivity index (χ2v) is 5.61. The fraction of sp³-hybridized carbons (Fsp3) is 0.400. The Kier molecular flexibility index (Phi) is 4.15. The molecule has 2 unspecified atom stereocenters. The van der Waals surface area contributed by atoms with E-state index in [1.54, 1.807) is 12.1 Å². The molecule has 1 aromatic carbocycles. The summed E-state index contributed by atoms with van der Waals surface area (Å²) in [6.45, 7) is 6.44. The van der Waals surface area contributed by atoms with Gasteiger partial charge in [0.25, 0.3) is 0 Å². The number of nitrogens with zero attached hydrogens (tertiary/aromatic N) is 1. The SMILES string of the molecule is CC1CN(c2cccc(Cl)c2C=CC(=O)O)CC1C. The Hall–Kier alpha value is -1.48.